The van der Waals surface area contributed by atoms with E-state index in [0.29, 0.717) is 0 Å². The standard InChI is InChI=1S/C110H107NO2/c1-5-9-13-17-42-68-107(69-43-18-14-10-6-2)90-59-39-36-56-84(90)101-102-87-58-38-41-61-97(87)113-106(102)103-85-65-63-81(72-92(85)108(105(103)104(101)107,70-44-19-15-11-7-3)71-45-20-16-12-8-4)111(80-54-34-25-35-55-80)82-62-64-83-88-74-95-89(75-94(88)110(93(83)73-82,78-50-30-23-31-51-78)79-52-32-24-33-53-79)99-91(66-67-98-100(99)86-57-37-40-60-96(86)112-98)109(95,76-46-26-21-27-47-76)77-48-28-22-29-49-77/h21-41,46-67,72-75H,5-20,42-45,68-71H2,1-4H3. The number of unbranched alkanes of at least 4 members (excludes halogenated alkanes) is 16. The largest absolute Gasteiger partial charge is 0.456 e. The molecule has 0 saturated heterocycles. The van der Waals surface area contributed by atoms with E-state index in [1.165, 1.54) is 239 Å². The van der Waals surface area contributed by atoms with E-state index < -0.39 is 10.8 Å². The van der Waals surface area contributed by atoms with Crippen LogP contribution in [-0.2, 0) is 21.7 Å². The molecule has 0 fully saturated rings. The summed E-state index contributed by atoms with van der Waals surface area (Å²) in [6.45, 7) is 9.49. The van der Waals surface area contributed by atoms with Crippen LogP contribution in [0.3, 0.4) is 0 Å². The maximum absolute atomic E-state index is 7.71. The first-order valence-corrected chi connectivity index (χ1v) is 43.6. The second-order valence-corrected chi connectivity index (χ2v) is 33.7. The van der Waals surface area contributed by atoms with E-state index in [4.69, 9.17) is 8.83 Å². The molecule has 0 saturated carbocycles. The molecule has 4 aliphatic rings. The number of hydrogen-bond donors (Lipinski definition) is 0. The van der Waals surface area contributed by atoms with Gasteiger partial charge in [-0.15, -0.1) is 0 Å². The van der Waals surface area contributed by atoms with Gasteiger partial charge in [0.05, 0.1) is 10.8 Å². The number of hydrogen-bond acceptors (Lipinski definition) is 3. The molecule has 0 aliphatic heterocycles. The molecule has 3 nitrogen and oxygen atoms in total. The first kappa shape index (κ1) is 72.5. The molecule has 0 atom stereocenters. The van der Waals surface area contributed by atoms with Gasteiger partial charge in [-0.05, 0) is 198 Å². The number of nitrogens with zero attached hydrogens (tertiary/aromatic N) is 1. The molecule has 2 aromatic heterocycles. The fourth-order valence-electron chi connectivity index (χ4n) is 22.4. The first-order valence-electron chi connectivity index (χ1n) is 43.6. The van der Waals surface area contributed by atoms with Gasteiger partial charge in [0.25, 0.3) is 0 Å². The van der Waals surface area contributed by atoms with Crippen molar-refractivity contribution in [2.75, 3.05) is 4.90 Å². The van der Waals surface area contributed by atoms with Gasteiger partial charge in [-0.25, -0.2) is 0 Å². The second kappa shape index (κ2) is 30.6. The van der Waals surface area contributed by atoms with E-state index in [9.17, 15) is 0 Å². The van der Waals surface area contributed by atoms with Gasteiger partial charge in [-0.3, -0.25) is 0 Å². The van der Waals surface area contributed by atoms with E-state index >= 15 is 0 Å². The Morgan fingerprint density at radius 1 is 0.248 bits per heavy atom. The van der Waals surface area contributed by atoms with Crippen molar-refractivity contribution in [3.63, 3.8) is 0 Å². The van der Waals surface area contributed by atoms with Crippen LogP contribution in [0, 0.1) is 0 Å². The van der Waals surface area contributed by atoms with Crippen molar-refractivity contribution < 1.29 is 8.83 Å². The first-order chi connectivity index (χ1) is 55.9. The predicted octanol–water partition coefficient (Wildman–Crippen LogP) is 31.7. The summed E-state index contributed by atoms with van der Waals surface area (Å²) in [5, 5.41) is 4.86. The quantitative estimate of drug-likeness (QED) is 0.0406. The highest BCUT2D eigenvalue weighted by molar-refractivity contribution is 6.21. The molecule has 4 aliphatic carbocycles. The summed E-state index contributed by atoms with van der Waals surface area (Å²) >= 11 is 0. The van der Waals surface area contributed by atoms with Crippen LogP contribution in [0.25, 0.3) is 88.4 Å². The normalized spacial score (nSPS) is 14.6. The number of anilines is 3. The molecule has 0 unspecified atom stereocenters. The van der Waals surface area contributed by atoms with Crippen molar-refractivity contribution in [3.05, 3.63) is 352 Å². The molecule has 564 valence electrons. The summed E-state index contributed by atoms with van der Waals surface area (Å²) in [5.74, 6) is 0. The summed E-state index contributed by atoms with van der Waals surface area (Å²) < 4.78 is 14.6. The maximum atomic E-state index is 7.71. The van der Waals surface area contributed by atoms with Gasteiger partial charge in [0, 0.05) is 55.0 Å². The highest BCUT2D eigenvalue weighted by Crippen LogP contribution is 2.69. The van der Waals surface area contributed by atoms with Crippen molar-refractivity contribution in [1.82, 2.24) is 0 Å². The third-order valence-electron chi connectivity index (χ3n) is 27.3. The molecule has 0 spiro atoms. The number of fused-ring (bicyclic) bond motifs is 22. The fourth-order valence-corrected chi connectivity index (χ4v) is 22.4. The Labute approximate surface area is 670 Å². The predicted molar refractivity (Wildman–Crippen MR) is 476 cm³/mol. The smallest absolute Gasteiger partial charge is 0.144 e. The van der Waals surface area contributed by atoms with Crippen LogP contribution in [0.1, 0.15) is 249 Å². The van der Waals surface area contributed by atoms with Crippen LogP contribution in [0.5, 0.6) is 0 Å². The summed E-state index contributed by atoms with van der Waals surface area (Å²) in [5.41, 5.74) is 32.5. The zero-order valence-electron chi connectivity index (χ0n) is 66.9. The topological polar surface area (TPSA) is 29.5 Å². The maximum Gasteiger partial charge on any atom is 0.144 e. The molecule has 0 bridgehead atoms. The Balaban J connectivity index is 0.875. The van der Waals surface area contributed by atoms with E-state index in [0.717, 1.165) is 70.2 Å². The van der Waals surface area contributed by atoms with Gasteiger partial charge in [0.15, 0.2) is 0 Å². The number of para-hydroxylation sites is 3. The van der Waals surface area contributed by atoms with Crippen LogP contribution in [-0.4, -0.2) is 0 Å². The zero-order valence-corrected chi connectivity index (χ0v) is 66.9. The lowest BCUT2D eigenvalue weighted by Crippen LogP contribution is -2.33. The molecule has 2 heterocycles. The minimum Gasteiger partial charge on any atom is -0.456 e. The van der Waals surface area contributed by atoms with Gasteiger partial charge < -0.3 is 13.7 Å². The molecule has 3 heteroatoms. The number of furan rings is 2. The third kappa shape index (κ3) is 11.6. The van der Waals surface area contributed by atoms with Crippen molar-refractivity contribution in [3.8, 4) is 44.5 Å². The number of benzene rings is 13. The average molecular weight is 1480 g/mol. The summed E-state index contributed by atoms with van der Waals surface area (Å²) in [6, 6.07) is 110. The Kier molecular flexibility index (Phi) is 19.7. The highest BCUT2D eigenvalue weighted by atomic mass is 16.3. The van der Waals surface area contributed by atoms with Crippen LogP contribution in [0.2, 0.25) is 0 Å². The van der Waals surface area contributed by atoms with E-state index in [-0.39, 0.29) is 10.8 Å². The van der Waals surface area contributed by atoms with Gasteiger partial charge in [0.1, 0.15) is 22.3 Å². The van der Waals surface area contributed by atoms with Crippen LogP contribution < -0.4 is 4.90 Å². The molecule has 13 aromatic carbocycles. The SMILES string of the molecule is CCCCCCCC1(CCCCCCC)c2cc(N(c3ccccc3)c3ccc4c(c3)C(c3ccccc3)(c3ccccc3)c3cc5c(cc3-4)C(c3ccccc3)(c3ccccc3)c3ccc4oc6ccccc6c4c3-5)ccc2-c2c1c1c(c3c2oc2ccccc23)-c2ccccc2C1(CCCCCCC)CCCCCCC. The Hall–Kier alpha value is -10.7. The Morgan fingerprint density at radius 2 is 0.646 bits per heavy atom. The summed E-state index contributed by atoms with van der Waals surface area (Å²) in [6.07, 6.45) is 29.4. The monoisotopic (exact) mass is 1470 g/mol. The van der Waals surface area contributed by atoms with Gasteiger partial charge in [-0.2, -0.15) is 0 Å². The third-order valence-corrected chi connectivity index (χ3v) is 27.3. The van der Waals surface area contributed by atoms with Crippen molar-refractivity contribution in [2.24, 2.45) is 0 Å². The zero-order chi connectivity index (χ0) is 76.1. The molecule has 0 N–H and O–H groups in total. The second-order valence-electron chi connectivity index (χ2n) is 33.7. The molecular formula is C110H107NO2. The van der Waals surface area contributed by atoms with Crippen LogP contribution in [0.4, 0.5) is 17.1 Å². The lowest BCUT2D eigenvalue weighted by Gasteiger charge is -2.40. The molecule has 19 rings (SSSR count). The summed E-state index contributed by atoms with van der Waals surface area (Å²) in [7, 11) is 0. The Morgan fingerprint density at radius 3 is 1.19 bits per heavy atom. The van der Waals surface area contributed by atoms with Crippen molar-refractivity contribution >= 4 is 60.9 Å². The lowest BCUT2D eigenvalue weighted by atomic mass is 9.62. The summed E-state index contributed by atoms with van der Waals surface area (Å²) in [4.78, 5) is 2.64. The van der Waals surface area contributed by atoms with Gasteiger partial charge >= 0.3 is 0 Å². The van der Waals surface area contributed by atoms with Crippen molar-refractivity contribution in [2.45, 2.75) is 203 Å². The lowest BCUT2D eigenvalue weighted by molar-refractivity contribution is 0.369. The van der Waals surface area contributed by atoms with Gasteiger partial charge in [0.2, 0.25) is 0 Å². The highest BCUT2D eigenvalue weighted by Gasteiger charge is 2.56. The number of rotatable bonds is 31. The average Bonchev–Trinajstić information content (AvgIpc) is 1.50. The van der Waals surface area contributed by atoms with Gasteiger partial charge in [-0.1, -0.05) is 375 Å². The van der Waals surface area contributed by atoms with Crippen molar-refractivity contribution in [1.29, 1.82) is 0 Å². The molecule has 0 radical (unpaired) electrons. The minimum absolute atomic E-state index is 0.169. The fraction of sp³-hybridized carbons (Fsp3) is 0.291. The van der Waals surface area contributed by atoms with E-state index in [2.05, 4.69) is 318 Å². The Bertz CT molecular complexity index is 5850. The minimum atomic E-state index is -0.767. The molecular weight excluding hydrogens is 1370 g/mol. The van der Waals surface area contributed by atoms with Crippen LogP contribution in [0.15, 0.2) is 294 Å². The van der Waals surface area contributed by atoms with E-state index in [1.807, 2.05) is 0 Å². The molecule has 113 heavy (non-hydrogen) atoms. The van der Waals surface area contributed by atoms with E-state index in [1.54, 1.807) is 16.7 Å². The van der Waals surface area contributed by atoms with Crippen LogP contribution >= 0.6 is 0 Å². The molecule has 15 aromatic rings. The molecule has 0 amide bonds.